The van der Waals surface area contributed by atoms with Crippen LogP contribution in [-0.2, 0) is 0 Å². The lowest BCUT2D eigenvalue weighted by molar-refractivity contribution is -0.385. The maximum absolute atomic E-state index is 12.7. The molecule has 1 N–H and O–H groups in total. The second kappa shape index (κ2) is 9.74. The molecule has 1 aliphatic heterocycles. The number of nitro groups is 1. The van der Waals surface area contributed by atoms with Gasteiger partial charge in [0, 0.05) is 60.3 Å². The quantitative estimate of drug-likeness (QED) is 0.451. The van der Waals surface area contributed by atoms with Crippen LogP contribution in [0.4, 0.5) is 17.1 Å². The van der Waals surface area contributed by atoms with Gasteiger partial charge in [-0.2, -0.15) is 0 Å². The van der Waals surface area contributed by atoms with E-state index in [9.17, 15) is 19.7 Å². The van der Waals surface area contributed by atoms with Crippen molar-refractivity contribution in [2.45, 2.75) is 13.8 Å². The monoisotopic (exact) mass is 458 g/mol. The van der Waals surface area contributed by atoms with Crippen LogP contribution < -0.4 is 10.2 Å². The van der Waals surface area contributed by atoms with Gasteiger partial charge in [-0.25, -0.2) is 0 Å². The summed E-state index contributed by atoms with van der Waals surface area (Å²) in [5.74, 6) is -0.354. The standard InChI is InChI=1S/C26H26N4O4/c1-18-3-6-20(7-4-18)26(32)29-15-13-28(14-16-29)23-11-9-22(10-12-23)27-25(31)21-8-5-19(2)24(17-21)30(33)34/h3-12,17H,13-16H2,1-2H3,(H,27,31). The summed E-state index contributed by atoms with van der Waals surface area (Å²) in [6.07, 6.45) is 0. The first-order valence-corrected chi connectivity index (χ1v) is 11.1. The van der Waals surface area contributed by atoms with Crippen LogP contribution in [0.3, 0.4) is 0 Å². The normalized spacial score (nSPS) is 13.5. The molecule has 1 heterocycles. The fourth-order valence-electron chi connectivity index (χ4n) is 3.95. The highest BCUT2D eigenvalue weighted by Gasteiger charge is 2.22. The van der Waals surface area contributed by atoms with E-state index < -0.39 is 10.8 Å². The van der Waals surface area contributed by atoms with Gasteiger partial charge in [0.1, 0.15) is 0 Å². The van der Waals surface area contributed by atoms with Crippen LogP contribution in [0.1, 0.15) is 31.8 Å². The van der Waals surface area contributed by atoms with E-state index in [1.165, 1.54) is 6.07 Å². The van der Waals surface area contributed by atoms with E-state index in [1.54, 1.807) is 31.2 Å². The summed E-state index contributed by atoms with van der Waals surface area (Å²) < 4.78 is 0. The van der Waals surface area contributed by atoms with Crippen LogP contribution in [0.15, 0.2) is 66.7 Å². The number of hydrogen-bond acceptors (Lipinski definition) is 5. The molecule has 3 aromatic rings. The molecule has 8 heteroatoms. The van der Waals surface area contributed by atoms with Gasteiger partial charge in [-0.1, -0.05) is 23.8 Å². The molecule has 0 bridgehead atoms. The first-order chi connectivity index (χ1) is 16.3. The van der Waals surface area contributed by atoms with Gasteiger partial charge in [0.25, 0.3) is 17.5 Å². The van der Waals surface area contributed by atoms with Crippen molar-refractivity contribution in [2.24, 2.45) is 0 Å². The minimum absolute atomic E-state index is 0.0500. The minimum Gasteiger partial charge on any atom is -0.368 e. The third-order valence-corrected chi connectivity index (χ3v) is 6.02. The summed E-state index contributed by atoms with van der Waals surface area (Å²) >= 11 is 0. The van der Waals surface area contributed by atoms with Crippen LogP contribution in [0.2, 0.25) is 0 Å². The van der Waals surface area contributed by atoms with Gasteiger partial charge in [0.15, 0.2) is 0 Å². The highest BCUT2D eigenvalue weighted by Crippen LogP contribution is 2.23. The van der Waals surface area contributed by atoms with Gasteiger partial charge in [0.05, 0.1) is 4.92 Å². The number of benzene rings is 3. The van der Waals surface area contributed by atoms with Crippen LogP contribution in [0, 0.1) is 24.0 Å². The van der Waals surface area contributed by atoms with E-state index in [0.717, 1.165) is 24.3 Å². The Kier molecular flexibility index (Phi) is 6.58. The Labute approximate surface area is 198 Å². The van der Waals surface area contributed by atoms with E-state index >= 15 is 0 Å². The Morgan fingerprint density at radius 2 is 1.47 bits per heavy atom. The topological polar surface area (TPSA) is 95.8 Å². The van der Waals surface area contributed by atoms with Crippen molar-refractivity contribution in [1.29, 1.82) is 0 Å². The molecule has 1 fully saturated rings. The number of rotatable bonds is 5. The maximum Gasteiger partial charge on any atom is 0.273 e. The van der Waals surface area contributed by atoms with Gasteiger partial charge in [-0.3, -0.25) is 19.7 Å². The molecule has 0 saturated carbocycles. The molecule has 8 nitrogen and oxygen atoms in total. The Bertz CT molecular complexity index is 1210. The molecule has 1 saturated heterocycles. The lowest BCUT2D eigenvalue weighted by Crippen LogP contribution is -2.48. The van der Waals surface area contributed by atoms with Crippen LogP contribution in [0.5, 0.6) is 0 Å². The minimum atomic E-state index is -0.491. The zero-order valence-corrected chi connectivity index (χ0v) is 19.2. The molecule has 174 valence electrons. The van der Waals surface area contributed by atoms with Crippen LogP contribution >= 0.6 is 0 Å². The van der Waals surface area contributed by atoms with E-state index in [2.05, 4.69) is 10.2 Å². The fourth-order valence-corrected chi connectivity index (χ4v) is 3.95. The number of nitrogens with one attached hydrogen (secondary N) is 1. The number of piperazine rings is 1. The lowest BCUT2D eigenvalue weighted by Gasteiger charge is -2.36. The molecule has 0 atom stereocenters. The van der Waals surface area contributed by atoms with Crippen molar-refractivity contribution in [1.82, 2.24) is 4.90 Å². The van der Waals surface area contributed by atoms with E-state index in [1.807, 2.05) is 48.2 Å². The first kappa shape index (κ1) is 23.0. The van der Waals surface area contributed by atoms with Gasteiger partial charge < -0.3 is 15.1 Å². The van der Waals surface area contributed by atoms with Crippen LogP contribution in [-0.4, -0.2) is 47.8 Å². The second-order valence-electron chi connectivity index (χ2n) is 8.40. The summed E-state index contributed by atoms with van der Waals surface area (Å²) in [5, 5.41) is 13.9. The highest BCUT2D eigenvalue weighted by atomic mass is 16.6. The maximum atomic E-state index is 12.7. The Morgan fingerprint density at radius 3 is 2.09 bits per heavy atom. The van der Waals surface area contributed by atoms with Crippen molar-refractivity contribution in [3.63, 3.8) is 0 Å². The molecule has 3 aromatic carbocycles. The molecule has 0 aliphatic carbocycles. The predicted octanol–water partition coefficient (Wildman–Crippen LogP) is 4.43. The first-order valence-electron chi connectivity index (χ1n) is 11.1. The van der Waals surface area contributed by atoms with Crippen molar-refractivity contribution in [3.05, 3.63) is 99.1 Å². The van der Waals surface area contributed by atoms with Crippen LogP contribution in [0.25, 0.3) is 0 Å². The summed E-state index contributed by atoms with van der Waals surface area (Å²) in [7, 11) is 0. The van der Waals surface area contributed by atoms with Gasteiger partial charge >= 0.3 is 0 Å². The van der Waals surface area contributed by atoms with E-state index in [0.29, 0.717) is 29.9 Å². The second-order valence-corrected chi connectivity index (χ2v) is 8.40. The third kappa shape index (κ3) is 5.06. The molecular formula is C26H26N4O4. The Morgan fingerprint density at radius 1 is 0.853 bits per heavy atom. The summed E-state index contributed by atoms with van der Waals surface area (Å²) in [5.41, 5.74) is 4.10. The number of carbonyl (C=O) groups excluding carboxylic acids is 2. The summed E-state index contributed by atoms with van der Waals surface area (Å²) in [6, 6.07) is 19.5. The molecule has 34 heavy (non-hydrogen) atoms. The number of nitro benzene ring substituents is 1. The SMILES string of the molecule is Cc1ccc(C(=O)N2CCN(c3ccc(NC(=O)c4ccc(C)c([N+](=O)[O-])c4)cc3)CC2)cc1. The number of nitrogens with zero attached hydrogens (tertiary/aromatic N) is 3. The van der Waals surface area contributed by atoms with Crippen molar-refractivity contribution in [2.75, 3.05) is 36.4 Å². The summed E-state index contributed by atoms with van der Waals surface area (Å²) in [6.45, 7) is 6.34. The third-order valence-electron chi connectivity index (χ3n) is 6.02. The highest BCUT2D eigenvalue weighted by molar-refractivity contribution is 6.04. The van der Waals surface area contributed by atoms with Crippen molar-refractivity contribution >= 4 is 28.9 Å². The van der Waals surface area contributed by atoms with E-state index in [-0.39, 0.29) is 17.2 Å². The summed E-state index contributed by atoms with van der Waals surface area (Å²) in [4.78, 5) is 40.0. The van der Waals surface area contributed by atoms with Crippen molar-refractivity contribution in [3.8, 4) is 0 Å². The molecule has 0 spiro atoms. The molecule has 0 radical (unpaired) electrons. The number of amides is 2. The zero-order valence-electron chi connectivity index (χ0n) is 19.2. The molecule has 0 unspecified atom stereocenters. The number of anilines is 2. The van der Waals surface area contributed by atoms with Crippen molar-refractivity contribution < 1.29 is 14.5 Å². The molecule has 4 rings (SSSR count). The fraction of sp³-hybridized carbons (Fsp3) is 0.231. The molecule has 2 amide bonds. The molecule has 0 aromatic heterocycles. The average Bonchev–Trinajstić information content (AvgIpc) is 2.85. The molecule has 1 aliphatic rings. The van der Waals surface area contributed by atoms with Gasteiger partial charge in [0.2, 0.25) is 0 Å². The van der Waals surface area contributed by atoms with Gasteiger partial charge in [-0.15, -0.1) is 0 Å². The largest absolute Gasteiger partial charge is 0.368 e. The lowest BCUT2D eigenvalue weighted by atomic mass is 10.1. The Hall–Kier alpha value is -4.20. The predicted molar refractivity (Wildman–Crippen MR) is 132 cm³/mol. The zero-order chi connectivity index (χ0) is 24.2. The number of hydrogen-bond donors (Lipinski definition) is 1. The molecular weight excluding hydrogens is 432 g/mol. The smallest absolute Gasteiger partial charge is 0.273 e. The number of carbonyl (C=O) groups is 2. The average molecular weight is 459 g/mol. The Balaban J connectivity index is 1.35. The van der Waals surface area contributed by atoms with Gasteiger partial charge in [-0.05, 0) is 56.3 Å². The van der Waals surface area contributed by atoms with E-state index in [4.69, 9.17) is 0 Å². The number of aryl methyl sites for hydroxylation is 2.